The minimum absolute atomic E-state index is 0.157. The molecule has 0 spiro atoms. The van der Waals surface area contributed by atoms with Crippen LogP contribution < -0.4 is 0 Å². The molecule has 0 N–H and O–H groups in total. The van der Waals surface area contributed by atoms with Crippen molar-refractivity contribution in [2.24, 2.45) is 0 Å². The minimum Gasteiger partial charge on any atom is -0.333 e. The van der Waals surface area contributed by atoms with Gasteiger partial charge in [-0.2, -0.15) is 0 Å². The smallest absolute Gasteiger partial charge is 0.247 e. The predicted molar refractivity (Wildman–Crippen MR) is 106 cm³/mol. The Morgan fingerprint density at radius 3 is 1.96 bits per heavy atom. The summed E-state index contributed by atoms with van der Waals surface area (Å²) in [6.45, 7) is 0. The number of benzene rings is 1. The maximum atomic E-state index is 13.0. The summed E-state index contributed by atoms with van der Waals surface area (Å²) in [6.07, 6.45) is 15.8. The average Bonchev–Trinajstić information content (AvgIpc) is 2.65. The first-order chi connectivity index (χ1) is 12.1. The molecule has 3 rings (SSSR count). The molecule has 2 fully saturated rings. The summed E-state index contributed by atoms with van der Waals surface area (Å²) in [6, 6.07) is 6.31. The van der Waals surface area contributed by atoms with Gasteiger partial charge in [-0.25, -0.2) is 0 Å². The summed E-state index contributed by atoms with van der Waals surface area (Å²) in [5.41, 5.74) is 0.912. The zero-order valence-electron chi connectivity index (χ0n) is 14.7. The normalized spacial score (nSPS) is 20.1. The van der Waals surface area contributed by atoms with Crippen LogP contribution in [-0.2, 0) is 4.79 Å². The van der Waals surface area contributed by atoms with E-state index in [1.807, 2.05) is 12.1 Å². The van der Waals surface area contributed by atoms with Crippen molar-refractivity contribution >= 4 is 35.2 Å². The van der Waals surface area contributed by atoms with E-state index >= 15 is 0 Å². The first-order valence-electron chi connectivity index (χ1n) is 9.60. The SMILES string of the molecule is O=C(C=Cc1ccc(Cl)c(Cl)c1)N(C1CCCCC1)C1CCCCC1. The lowest BCUT2D eigenvalue weighted by Crippen LogP contribution is -2.48. The number of carbonyl (C=O) groups excluding carboxylic acids is 1. The summed E-state index contributed by atoms with van der Waals surface area (Å²) in [7, 11) is 0. The van der Waals surface area contributed by atoms with Gasteiger partial charge in [0, 0.05) is 18.2 Å². The van der Waals surface area contributed by atoms with Crippen LogP contribution in [0.5, 0.6) is 0 Å². The largest absolute Gasteiger partial charge is 0.333 e. The highest BCUT2D eigenvalue weighted by molar-refractivity contribution is 6.42. The topological polar surface area (TPSA) is 20.3 Å². The Morgan fingerprint density at radius 2 is 1.44 bits per heavy atom. The fraction of sp³-hybridized carbons (Fsp3) is 0.571. The minimum atomic E-state index is 0.157. The van der Waals surface area contributed by atoms with E-state index in [1.165, 1.54) is 38.5 Å². The molecule has 2 aliphatic carbocycles. The van der Waals surface area contributed by atoms with Crippen LogP contribution in [0.2, 0.25) is 10.0 Å². The lowest BCUT2D eigenvalue weighted by atomic mass is 9.88. The summed E-state index contributed by atoms with van der Waals surface area (Å²) in [5, 5.41) is 1.06. The van der Waals surface area contributed by atoms with Crippen LogP contribution in [0.4, 0.5) is 0 Å². The van der Waals surface area contributed by atoms with Gasteiger partial charge in [-0.3, -0.25) is 4.79 Å². The molecule has 2 aliphatic rings. The van der Waals surface area contributed by atoms with Crippen LogP contribution in [0.25, 0.3) is 6.08 Å². The van der Waals surface area contributed by atoms with Gasteiger partial charge in [-0.1, -0.05) is 67.8 Å². The molecule has 136 valence electrons. The van der Waals surface area contributed by atoms with Crippen LogP contribution >= 0.6 is 23.2 Å². The number of hydrogen-bond acceptors (Lipinski definition) is 1. The Bertz CT molecular complexity index is 598. The van der Waals surface area contributed by atoms with Gasteiger partial charge in [0.05, 0.1) is 10.0 Å². The van der Waals surface area contributed by atoms with Crippen molar-refractivity contribution < 1.29 is 4.79 Å². The highest BCUT2D eigenvalue weighted by Gasteiger charge is 2.31. The van der Waals surface area contributed by atoms with Crippen LogP contribution in [-0.4, -0.2) is 22.9 Å². The molecule has 0 saturated heterocycles. The number of carbonyl (C=O) groups is 1. The molecular weight excluding hydrogens is 353 g/mol. The van der Waals surface area contributed by atoms with Crippen molar-refractivity contribution in [3.8, 4) is 0 Å². The third-order valence-corrected chi connectivity index (χ3v) is 6.29. The van der Waals surface area contributed by atoms with Gasteiger partial charge in [0.15, 0.2) is 0 Å². The molecule has 4 heteroatoms. The molecule has 0 unspecified atom stereocenters. The summed E-state index contributed by atoms with van der Waals surface area (Å²) >= 11 is 12.0. The van der Waals surface area contributed by atoms with E-state index in [9.17, 15) is 4.79 Å². The highest BCUT2D eigenvalue weighted by Crippen LogP contribution is 2.30. The number of nitrogens with zero attached hydrogens (tertiary/aromatic N) is 1. The standard InChI is InChI=1S/C21H27Cl2NO/c22-19-13-11-16(15-20(19)23)12-14-21(25)24(17-7-3-1-4-8-17)18-9-5-2-6-10-18/h11-15,17-18H,1-10H2. The molecule has 0 aliphatic heterocycles. The first-order valence-corrected chi connectivity index (χ1v) is 10.4. The molecule has 0 bridgehead atoms. The first kappa shape index (κ1) is 18.8. The monoisotopic (exact) mass is 379 g/mol. The zero-order chi connectivity index (χ0) is 17.6. The van der Waals surface area contributed by atoms with Crippen molar-refractivity contribution in [3.63, 3.8) is 0 Å². The molecule has 1 aromatic rings. The van der Waals surface area contributed by atoms with E-state index in [2.05, 4.69) is 4.90 Å². The Hall–Kier alpha value is -0.990. The van der Waals surface area contributed by atoms with Crippen molar-refractivity contribution in [1.29, 1.82) is 0 Å². The average molecular weight is 380 g/mol. The maximum Gasteiger partial charge on any atom is 0.247 e. The second-order valence-corrected chi connectivity index (χ2v) is 8.15. The molecule has 0 aromatic heterocycles. The molecule has 0 atom stereocenters. The van der Waals surface area contributed by atoms with Crippen LogP contribution in [0.15, 0.2) is 24.3 Å². The zero-order valence-corrected chi connectivity index (χ0v) is 16.2. The summed E-state index contributed by atoms with van der Waals surface area (Å²) in [5.74, 6) is 0.157. The highest BCUT2D eigenvalue weighted by atomic mass is 35.5. The van der Waals surface area contributed by atoms with E-state index in [4.69, 9.17) is 23.2 Å². The Labute approximate surface area is 161 Å². The lowest BCUT2D eigenvalue weighted by molar-refractivity contribution is -0.132. The number of hydrogen-bond donors (Lipinski definition) is 0. The van der Waals surface area contributed by atoms with Crippen LogP contribution in [0.3, 0.4) is 0 Å². The molecule has 0 radical (unpaired) electrons. The molecule has 2 nitrogen and oxygen atoms in total. The van der Waals surface area contributed by atoms with Gasteiger partial charge in [-0.05, 0) is 49.5 Å². The van der Waals surface area contributed by atoms with Gasteiger partial charge in [0.2, 0.25) is 5.91 Å². The molecular formula is C21H27Cl2NO. The van der Waals surface area contributed by atoms with Gasteiger partial charge in [0.25, 0.3) is 0 Å². The molecule has 25 heavy (non-hydrogen) atoms. The van der Waals surface area contributed by atoms with Gasteiger partial charge in [0.1, 0.15) is 0 Å². The molecule has 2 saturated carbocycles. The molecule has 0 heterocycles. The second-order valence-electron chi connectivity index (χ2n) is 7.34. The number of rotatable bonds is 4. The van der Waals surface area contributed by atoms with Crippen molar-refractivity contribution in [1.82, 2.24) is 4.90 Å². The molecule has 1 aromatic carbocycles. The molecule has 1 amide bonds. The van der Waals surface area contributed by atoms with Gasteiger partial charge < -0.3 is 4.90 Å². The van der Waals surface area contributed by atoms with Crippen molar-refractivity contribution in [3.05, 3.63) is 39.9 Å². The second kappa shape index (κ2) is 9.09. The van der Waals surface area contributed by atoms with Gasteiger partial charge in [-0.15, -0.1) is 0 Å². The van der Waals surface area contributed by atoms with E-state index in [0.29, 0.717) is 22.1 Å². The van der Waals surface area contributed by atoms with E-state index in [1.54, 1.807) is 18.2 Å². The van der Waals surface area contributed by atoms with E-state index in [-0.39, 0.29) is 5.91 Å². The summed E-state index contributed by atoms with van der Waals surface area (Å²) < 4.78 is 0. The van der Waals surface area contributed by atoms with Gasteiger partial charge >= 0.3 is 0 Å². The van der Waals surface area contributed by atoms with Crippen molar-refractivity contribution in [2.75, 3.05) is 0 Å². The van der Waals surface area contributed by atoms with Crippen LogP contribution in [0.1, 0.15) is 69.8 Å². The summed E-state index contributed by atoms with van der Waals surface area (Å²) in [4.78, 5) is 15.3. The predicted octanol–water partition coefficient (Wildman–Crippen LogP) is 6.50. The van der Waals surface area contributed by atoms with Crippen LogP contribution in [0, 0.1) is 0 Å². The lowest BCUT2D eigenvalue weighted by Gasteiger charge is -2.41. The Balaban J connectivity index is 1.75. The Kier molecular flexibility index (Phi) is 6.84. The third kappa shape index (κ3) is 5.01. The fourth-order valence-corrected chi connectivity index (χ4v) is 4.55. The maximum absolute atomic E-state index is 13.0. The third-order valence-electron chi connectivity index (χ3n) is 5.55. The van der Waals surface area contributed by atoms with E-state index in [0.717, 1.165) is 31.2 Å². The Morgan fingerprint density at radius 1 is 0.880 bits per heavy atom. The quantitative estimate of drug-likeness (QED) is 0.546. The fourth-order valence-electron chi connectivity index (χ4n) is 4.25. The number of amides is 1. The number of halogens is 2. The van der Waals surface area contributed by atoms with E-state index < -0.39 is 0 Å². The van der Waals surface area contributed by atoms with Crippen molar-refractivity contribution in [2.45, 2.75) is 76.3 Å².